The Morgan fingerprint density at radius 3 is 2.73 bits per heavy atom. The van der Waals surface area contributed by atoms with Gasteiger partial charge in [-0.1, -0.05) is 0 Å². The van der Waals surface area contributed by atoms with Gasteiger partial charge in [-0.3, -0.25) is 0 Å². The molecule has 0 atom stereocenters. The van der Waals surface area contributed by atoms with Gasteiger partial charge in [0, 0.05) is 0 Å². The molecule has 64 valence electrons. The van der Waals surface area contributed by atoms with E-state index in [-0.39, 0.29) is 5.95 Å². The number of aliphatic hydroxyl groups is 1. The van der Waals surface area contributed by atoms with E-state index in [1.165, 1.54) is 6.42 Å². The predicted molar refractivity (Wildman–Crippen MR) is 50.8 cm³/mol. The van der Waals surface area contributed by atoms with Gasteiger partial charge in [0.05, 0.1) is 6.61 Å². The lowest BCUT2D eigenvalue weighted by atomic mass is 10.6. The fraction of sp³-hybridized carbons (Fsp3) is 0.714. The number of hydrogen-bond acceptors (Lipinski definition) is 4. The van der Waals surface area contributed by atoms with E-state index >= 15 is 0 Å². The third kappa shape index (κ3) is 2.87. The fourth-order valence-corrected chi connectivity index (χ4v) is 3.08. The highest BCUT2D eigenvalue weighted by atomic mass is 32.2. The second-order valence-electron chi connectivity index (χ2n) is 2.08. The summed E-state index contributed by atoms with van der Waals surface area (Å²) >= 11 is 3.36. The highest BCUT2D eigenvalue weighted by Gasteiger charge is 2.12. The van der Waals surface area contributed by atoms with Gasteiger partial charge in [0.1, 0.15) is 4.24 Å². The van der Waals surface area contributed by atoms with Crippen molar-refractivity contribution in [1.29, 1.82) is 0 Å². The highest BCUT2D eigenvalue weighted by molar-refractivity contribution is 8.22. The molecule has 1 heterocycles. The molecule has 0 unspecified atom stereocenters. The first-order valence-corrected chi connectivity index (χ1v) is 5.63. The summed E-state index contributed by atoms with van der Waals surface area (Å²) in [5.41, 5.74) is 0. The zero-order valence-corrected chi connectivity index (χ0v) is 8.13. The van der Waals surface area contributed by atoms with E-state index in [4.69, 9.17) is 4.74 Å². The van der Waals surface area contributed by atoms with Gasteiger partial charge in [-0.15, -0.1) is 23.5 Å². The van der Waals surface area contributed by atoms with Crippen LogP contribution in [0.1, 0.15) is 13.3 Å². The molecular weight excluding hydrogens is 180 g/mol. The van der Waals surface area contributed by atoms with Gasteiger partial charge in [-0.2, -0.15) is 0 Å². The first-order chi connectivity index (χ1) is 5.34. The maximum atomic E-state index is 9.29. The number of aliphatic hydroxyl groups excluding tert-OH is 1. The summed E-state index contributed by atoms with van der Waals surface area (Å²) in [6, 6.07) is 0. The third-order valence-corrected chi connectivity index (χ3v) is 3.78. The number of hydrogen-bond donors (Lipinski definition) is 1. The van der Waals surface area contributed by atoms with Crippen molar-refractivity contribution >= 4 is 23.5 Å². The molecule has 0 radical (unpaired) electrons. The molecule has 1 N–H and O–H groups in total. The normalized spacial score (nSPS) is 18.1. The van der Waals surface area contributed by atoms with Crippen molar-refractivity contribution in [2.75, 3.05) is 18.1 Å². The number of thioether (sulfide) groups is 2. The molecule has 0 bridgehead atoms. The molecule has 2 nitrogen and oxygen atoms in total. The lowest BCUT2D eigenvalue weighted by Crippen LogP contribution is -1.98. The van der Waals surface area contributed by atoms with Crippen molar-refractivity contribution in [3.63, 3.8) is 0 Å². The Morgan fingerprint density at radius 2 is 2.18 bits per heavy atom. The average molecular weight is 192 g/mol. The van der Waals surface area contributed by atoms with Crippen molar-refractivity contribution < 1.29 is 9.84 Å². The molecule has 1 aliphatic rings. The molecule has 4 heteroatoms. The zero-order chi connectivity index (χ0) is 8.10. The topological polar surface area (TPSA) is 29.5 Å². The monoisotopic (exact) mass is 192 g/mol. The van der Waals surface area contributed by atoms with E-state index in [1.807, 2.05) is 6.92 Å². The molecule has 0 aliphatic carbocycles. The molecule has 1 fully saturated rings. The molecule has 1 saturated heterocycles. The van der Waals surface area contributed by atoms with Crippen LogP contribution in [0.15, 0.2) is 10.2 Å². The fourth-order valence-electron chi connectivity index (χ4n) is 0.749. The van der Waals surface area contributed by atoms with Gasteiger partial charge < -0.3 is 9.84 Å². The summed E-state index contributed by atoms with van der Waals surface area (Å²) < 4.78 is 5.92. The zero-order valence-electron chi connectivity index (χ0n) is 6.50. The van der Waals surface area contributed by atoms with Crippen molar-refractivity contribution in [3.05, 3.63) is 10.2 Å². The molecule has 0 amide bonds. The Morgan fingerprint density at radius 1 is 1.55 bits per heavy atom. The van der Waals surface area contributed by atoms with E-state index < -0.39 is 0 Å². The van der Waals surface area contributed by atoms with Gasteiger partial charge in [0.2, 0.25) is 0 Å². The van der Waals surface area contributed by atoms with Gasteiger partial charge >= 0.3 is 0 Å². The maximum Gasteiger partial charge on any atom is 0.297 e. The van der Waals surface area contributed by atoms with Crippen LogP contribution in [0.25, 0.3) is 0 Å². The van der Waals surface area contributed by atoms with Gasteiger partial charge in [-0.05, 0) is 24.9 Å². The minimum absolute atomic E-state index is 0.113. The van der Waals surface area contributed by atoms with E-state index in [9.17, 15) is 5.11 Å². The summed E-state index contributed by atoms with van der Waals surface area (Å²) in [5.74, 6) is 2.31. The van der Waals surface area contributed by atoms with E-state index in [0.29, 0.717) is 6.61 Å². The Labute approximate surface area is 75.4 Å². The Balaban J connectivity index is 2.46. The summed E-state index contributed by atoms with van der Waals surface area (Å²) in [6.45, 7) is 2.41. The van der Waals surface area contributed by atoms with Crippen molar-refractivity contribution in [3.8, 4) is 0 Å². The summed E-state index contributed by atoms with van der Waals surface area (Å²) in [6.07, 6.45) is 1.22. The van der Waals surface area contributed by atoms with Crippen molar-refractivity contribution in [2.45, 2.75) is 13.3 Å². The second-order valence-corrected chi connectivity index (χ2v) is 4.54. The summed E-state index contributed by atoms with van der Waals surface area (Å²) in [7, 11) is 0. The molecule has 1 aliphatic heterocycles. The van der Waals surface area contributed by atoms with Gasteiger partial charge in [0.25, 0.3) is 5.95 Å². The smallest absolute Gasteiger partial charge is 0.297 e. The molecule has 0 aromatic heterocycles. The Kier molecular flexibility index (Phi) is 4.01. The lowest BCUT2D eigenvalue weighted by Gasteiger charge is -2.13. The molecule has 0 aromatic carbocycles. The second kappa shape index (κ2) is 4.83. The van der Waals surface area contributed by atoms with Gasteiger partial charge in [-0.25, -0.2) is 0 Å². The van der Waals surface area contributed by atoms with Crippen LogP contribution in [0.3, 0.4) is 0 Å². The summed E-state index contributed by atoms with van der Waals surface area (Å²) in [4.78, 5) is 0. The van der Waals surface area contributed by atoms with E-state index in [2.05, 4.69) is 0 Å². The van der Waals surface area contributed by atoms with Crippen molar-refractivity contribution in [2.24, 2.45) is 0 Å². The van der Waals surface area contributed by atoms with Gasteiger partial charge in [0.15, 0.2) is 0 Å². The molecule has 0 aromatic rings. The van der Waals surface area contributed by atoms with Crippen LogP contribution in [0.5, 0.6) is 0 Å². The molecule has 1 rings (SSSR count). The highest BCUT2D eigenvalue weighted by Crippen LogP contribution is 2.36. The standard InChI is InChI=1S/C7H12O2S2/c1-2-9-6(8)7-10-4-3-5-11-7/h8H,2-5H2,1H3. The molecule has 0 saturated carbocycles. The van der Waals surface area contributed by atoms with Crippen LogP contribution in [0.2, 0.25) is 0 Å². The van der Waals surface area contributed by atoms with Crippen LogP contribution in [0, 0.1) is 0 Å². The van der Waals surface area contributed by atoms with Crippen LogP contribution in [0.4, 0.5) is 0 Å². The average Bonchev–Trinajstić information content (AvgIpc) is 2.07. The van der Waals surface area contributed by atoms with Crippen LogP contribution >= 0.6 is 23.5 Å². The SMILES string of the molecule is CCOC(O)=C1SCCCS1. The number of ether oxygens (including phenoxy) is 1. The van der Waals surface area contributed by atoms with E-state index in [0.717, 1.165) is 15.7 Å². The third-order valence-electron chi connectivity index (χ3n) is 1.21. The Hall–Kier alpha value is 0.0400. The largest absolute Gasteiger partial charge is 0.480 e. The molecule has 11 heavy (non-hydrogen) atoms. The summed E-state index contributed by atoms with van der Waals surface area (Å²) in [5, 5.41) is 9.29. The van der Waals surface area contributed by atoms with Crippen LogP contribution in [-0.4, -0.2) is 23.2 Å². The van der Waals surface area contributed by atoms with Crippen molar-refractivity contribution in [1.82, 2.24) is 0 Å². The first-order valence-electron chi connectivity index (χ1n) is 3.66. The van der Waals surface area contributed by atoms with Crippen LogP contribution in [-0.2, 0) is 4.74 Å². The maximum absolute atomic E-state index is 9.29. The molecule has 0 spiro atoms. The lowest BCUT2D eigenvalue weighted by molar-refractivity contribution is 0.103. The molecular formula is C7H12O2S2. The Bertz CT molecular complexity index is 149. The quantitative estimate of drug-likeness (QED) is 0.681. The minimum Gasteiger partial charge on any atom is -0.480 e. The minimum atomic E-state index is 0.113. The number of rotatable bonds is 2. The van der Waals surface area contributed by atoms with E-state index in [1.54, 1.807) is 23.5 Å². The predicted octanol–water partition coefficient (Wildman–Crippen LogP) is 2.58. The first kappa shape index (κ1) is 9.13. The van der Waals surface area contributed by atoms with Crippen LogP contribution < -0.4 is 0 Å².